The van der Waals surface area contributed by atoms with Gasteiger partial charge in [0.25, 0.3) is 0 Å². The van der Waals surface area contributed by atoms with Crippen molar-refractivity contribution >= 4 is 6.16 Å². The molecule has 0 saturated carbocycles. The summed E-state index contributed by atoms with van der Waals surface area (Å²) in [5, 5.41) is 8.91. The highest BCUT2D eigenvalue weighted by molar-refractivity contribution is 5.60. The first kappa shape index (κ1) is 12.8. The summed E-state index contributed by atoms with van der Waals surface area (Å²) in [5.41, 5.74) is 0.571. The molecule has 0 spiro atoms. The van der Waals surface area contributed by atoms with Crippen LogP contribution >= 0.6 is 0 Å². The number of carbonyl (C=O) groups excluding carboxylic acids is 1. The second kappa shape index (κ2) is 6.38. The predicted octanol–water partition coefficient (Wildman–Crippen LogP) is 2.43. The Kier molecular flexibility index (Phi) is 4.82. The SMILES string of the molecule is CCOC(=O)OC(C#N)c1ccc(OC)cc1. The molecule has 0 bridgehead atoms. The van der Waals surface area contributed by atoms with E-state index in [1.165, 1.54) is 0 Å². The first-order chi connectivity index (χ1) is 8.21. The van der Waals surface area contributed by atoms with Crippen LogP contribution in [0.5, 0.6) is 5.75 Å². The van der Waals surface area contributed by atoms with Crippen LogP contribution in [0.15, 0.2) is 24.3 Å². The van der Waals surface area contributed by atoms with Gasteiger partial charge in [-0.3, -0.25) is 0 Å². The Bertz CT molecular complexity index is 408. The van der Waals surface area contributed by atoms with Gasteiger partial charge in [-0.15, -0.1) is 0 Å². The molecule has 1 unspecified atom stereocenters. The lowest BCUT2D eigenvalue weighted by atomic mass is 10.1. The van der Waals surface area contributed by atoms with Crippen molar-refractivity contribution in [3.05, 3.63) is 29.8 Å². The summed E-state index contributed by atoms with van der Waals surface area (Å²) in [6.45, 7) is 1.87. The number of ether oxygens (including phenoxy) is 3. The van der Waals surface area contributed by atoms with Gasteiger partial charge >= 0.3 is 6.16 Å². The third-order valence-corrected chi connectivity index (χ3v) is 2.01. The van der Waals surface area contributed by atoms with Crippen LogP contribution in [0.25, 0.3) is 0 Å². The number of hydrogen-bond donors (Lipinski definition) is 0. The summed E-state index contributed by atoms with van der Waals surface area (Å²) in [6, 6.07) is 8.58. The highest BCUT2D eigenvalue weighted by atomic mass is 16.7. The highest BCUT2D eigenvalue weighted by Crippen LogP contribution is 2.20. The maximum Gasteiger partial charge on any atom is 0.509 e. The van der Waals surface area contributed by atoms with E-state index in [1.54, 1.807) is 38.3 Å². The largest absolute Gasteiger partial charge is 0.509 e. The second-order valence-corrected chi connectivity index (χ2v) is 3.08. The molecule has 90 valence electrons. The van der Waals surface area contributed by atoms with E-state index < -0.39 is 12.3 Å². The van der Waals surface area contributed by atoms with Crippen molar-refractivity contribution in [2.24, 2.45) is 0 Å². The fourth-order valence-electron chi connectivity index (χ4n) is 1.20. The maximum atomic E-state index is 11.1. The minimum absolute atomic E-state index is 0.208. The van der Waals surface area contributed by atoms with Crippen LogP contribution in [-0.4, -0.2) is 19.9 Å². The van der Waals surface area contributed by atoms with Crippen LogP contribution < -0.4 is 4.74 Å². The second-order valence-electron chi connectivity index (χ2n) is 3.08. The van der Waals surface area contributed by atoms with E-state index in [4.69, 9.17) is 14.7 Å². The molecular weight excluding hydrogens is 222 g/mol. The summed E-state index contributed by atoms with van der Waals surface area (Å²) in [7, 11) is 1.55. The first-order valence-electron chi connectivity index (χ1n) is 5.08. The van der Waals surface area contributed by atoms with Crippen molar-refractivity contribution in [3.8, 4) is 11.8 Å². The Morgan fingerprint density at radius 3 is 2.53 bits per heavy atom. The molecule has 0 amide bonds. The number of nitriles is 1. The Morgan fingerprint density at radius 1 is 1.41 bits per heavy atom. The average Bonchev–Trinajstić information content (AvgIpc) is 2.36. The molecule has 0 heterocycles. The monoisotopic (exact) mass is 235 g/mol. The van der Waals surface area contributed by atoms with Gasteiger partial charge in [-0.1, -0.05) is 12.1 Å². The predicted molar refractivity (Wildman–Crippen MR) is 59.5 cm³/mol. The minimum atomic E-state index is -0.972. The van der Waals surface area contributed by atoms with E-state index in [-0.39, 0.29) is 6.61 Å². The number of methoxy groups -OCH3 is 1. The number of nitrogens with zero attached hydrogens (tertiary/aromatic N) is 1. The summed E-state index contributed by atoms with van der Waals surface area (Å²) >= 11 is 0. The molecule has 1 rings (SSSR count). The maximum absolute atomic E-state index is 11.1. The Hall–Kier alpha value is -2.22. The molecule has 0 aromatic heterocycles. The molecule has 1 aromatic carbocycles. The number of hydrogen-bond acceptors (Lipinski definition) is 5. The molecule has 17 heavy (non-hydrogen) atoms. The van der Waals surface area contributed by atoms with Gasteiger partial charge in [0.2, 0.25) is 6.10 Å². The van der Waals surface area contributed by atoms with Gasteiger partial charge in [0.15, 0.2) is 0 Å². The number of benzene rings is 1. The van der Waals surface area contributed by atoms with Gasteiger partial charge in [0.05, 0.1) is 13.7 Å². The summed E-state index contributed by atoms with van der Waals surface area (Å²) < 4.78 is 14.4. The molecule has 1 atom stereocenters. The van der Waals surface area contributed by atoms with Gasteiger partial charge in [0.1, 0.15) is 11.8 Å². The molecule has 5 nitrogen and oxygen atoms in total. The van der Waals surface area contributed by atoms with Crippen molar-refractivity contribution in [1.82, 2.24) is 0 Å². The topological polar surface area (TPSA) is 68.5 Å². The van der Waals surface area contributed by atoms with Gasteiger partial charge in [-0.2, -0.15) is 5.26 Å². The highest BCUT2D eigenvalue weighted by Gasteiger charge is 2.16. The normalized spacial score (nSPS) is 11.1. The Morgan fingerprint density at radius 2 is 2.06 bits per heavy atom. The molecule has 0 radical (unpaired) electrons. The zero-order valence-corrected chi connectivity index (χ0v) is 9.67. The van der Waals surface area contributed by atoms with E-state index in [1.807, 2.05) is 6.07 Å². The molecule has 1 aromatic rings. The lowest BCUT2D eigenvalue weighted by molar-refractivity contribution is 0.0421. The van der Waals surface area contributed by atoms with Crippen LogP contribution in [0.4, 0.5) is 4.79 Å². The Balaban J connectivity index is 2.73. The fraction of sp³-hybridized carbons (Fsp3) is 0.333. The van der Waals surface area contributed by atoms with E-state index in [2.05, 4.69) is 4.74 Å². The van der Waals surface area contributed by atoms with E-state index in [9.17, 15) is 4.79 Å². The van der Waals surface area contributed by atoms with E-state index in [0.717, 1.165) is 0 Å². The molecular formula is C12H13NO4. The Labute approximate surface area is 99.5 Å². The standard InChI is InChI=1S/C12H13NO4/c1-3-16-12(14)17-11(8-13)9-4-6-10(15-2)7-5-9/h4-7,11H,3H2,1-2H3. The van der Waals surface area contributed by atoms with E-state index in [0.29, 0.717) is 11.3 Å². The first-order valence-corrected chi connectivity index (χ1v) is 5.08. The van der Waals surface area contributed by atoms with Gasteiger partial charge in [0, 0.05) is 5.56 Å². The molecule has 5 heteroatoms. The minimum Gasteiger partial charge on any atom is -0.497 e. The quantitative estimate of drug-likeness (QED) is 0.749. The molecule has 0 aliphatic rings. The van der Waals surface area contributed by atoms with Crippen molar-refractivity contribution in [2.45, 2.75) is 13.0 Å². The third-order valence-electron chi connectivity index (χ3n) is 2.01. The third kappa shape index (κ3) is 3.68. The molecule has 0 N–H and O–H groups in total. The average molecular weight is 235 g/mol. The smallest absolute Gasteiger partial charge is 0.497 e. The van der Waals surface area contributed by atoms with Crippen LogP contribution in [0.1, 0.15) is 18.6 Å². The van der Waals surface area contributed by atoms with Crippen LogP contribution in [0.3, 0.4) is 0 Å². The van der Waals surface area contributed by atoms with Gasteiger partial charge in [-0.05, 0) is 19.1 Å². The molecule has 0 aliphatic heterocycles. The lowest BCUT2D eigenvalue weighted by Gasteiger charge is -2.11. The van der Waals surface area contributed by atoms with Gasteiger partial charge < -0.3 is 14.2 Å². The molecule has 0 saturated heterocycles. The fourth-order valence-corrected chi connectivity index (χ4v) is 1.20. The number of carbonyl (C=O) groups is 1. The van der Waals surface area contributed by atoms with Crippen molar-refractivity contribution in [2.75, 3.05) is 13.7 Å². The van der Waals surface area contributed by atoms with E-state index >= 15 is 0 Å². The summed E-state index contributed by atoms with van der Waals surface area (Å²) in [6.07, 6.45) is -1.82. The van der Waals surface area contributed by atoms with Crippen LogP contribution in [-0.2, 0) is 9.47 Å². The lowest BCUT2D eigenvalue weighted by Crippen LogP contribution is -2.11. The zero-order chi connectivity index (χ0) is 12.7. The zero-order valence-electron chi connectivity index (χ0n) is 9.67. The molecule has 0 fully saturated rings. The number of rotatable bonds is 4. The molecule has 0 aliphatic carbocycles. The van der Waals surface area contributed by atoms with Crippen LogP contribution in [0.2, 0.25) is 0 Å². The van der Waals surface area contributed by atoms with Crippen molar-refractivity contribution in [1.29, 1.82) is 5.26 Å². The summed E-state index contributed by atoms with van der Waals surface area (Å²) in [5.74, 6) is 0.668. The van der Waals surface area contributed by atoms with Crippen LogP contribution in [0, 0.1) is 11.3 Å². The van der Waals surface area contributed by atoms with Crippen molar-refractivity contribution < 1.29 is 19.0 Å². The van der Waals surface area contributed by atoms with Crippen molar-refractivity contribution in [3.63, 3.8) is 0 Å². The summed E-state index contributed by atoms with van der Waals surface area (Å²) in [4.78, 5) is 11.1. The van der Waals surface area contributed by atoms with Gasteiger partial charge in [-0.25, -0.2) is 4.79 Å².